The van der Waals surface area contributed by atoms with E-state index in [0.29, 0.717) is 18.6 Å². The number of benzene rings is 1. The Morgan fingerprint density at radius 3 is 2.56 bits per heavy atom. The molecule has 25 heavy (non-hydrogen) atoms. The van der Waals surface area contributed by atoms with Gasteiger partial charge in [0, 0.05) is 31.0 Å². The Balaban J connectivity index is 1.53. The number of hydrogen-bond acceptors (Lipinski definition) is 5. The molecule has 0 radical (unpaired) electrons. The Labute approximate surface area is 148 Å². The molecule has 1 saturated heterocycles. The smallest absolute Gasteiger partial charge is 0.251 e. The second-order valence-corrected chi connectivity index (χ2v) is 7.12. The van der Waals surface area contributed by atoms with Crippen molar-refractivity contribution in [3.05, 3.63) is 35.4 Å². The van der Waals surface area contributed by atoms with Crippen LogP contribution >= 0.6 is 0 Å². The average Bonchev–Trinajstić information content (AvgIpc) is 2.65. The third-order valence-electron chi connectivity index (χ3n) is 5.79. The standard InChI is InChI=1S/C19H28N2O4/c1-20-18(24)15-4-2-14(3-5-15)13-21-8-6-19(7-9-21)16(23)12-17(19)25-11-10-22/h2-5,16-17,22-23H,6-13H2,1H3,(H,20,24). The number of carbonyl (C=O) groups is 1. The molecule has 1 aliphatic heterocycles. The maximum atomic E-state index is 11.6. The van der Waals surface area contributed by atoms with Crippen LogP contribution in [0.25, 0.3) is 0 Å². The molecule has 1 aromatic rings. The second kappa shape index (κ2) is 7.83. The Hall–Kier alpha value is -1.47. The minimum atomic E-state index is -0.287. The van der Waals surface area contributed by atoms with Gasteiger partial charge >= 0.3 is 0 Å². The van der Waals surface area contributed by atoms with Gasteiger partial charge in [0.05, 0.1) is 25.4 Å². The summed E-state index contributed by atoms with van der Waals surface area (Å²) in [7, 11) is 1.63. The maximum absolute atomic E-state index is 11.6. The van der Waals surface area contributed by atoms with E-state index in [0.717, 1.165) is 32.5 Å². The van der Waals surface area contributed by atoms with Crippen molar-refractivity contribution in [1.82, 2.24) is 10.2 Å². The molecule has 138 valence electrons. The summed E-state index contributed by atoms with van der Waals surface area (Å²) in [6.45, 7) is 3.07. The van der Waals surface area contributed by atoms with Crippen molar-refractivity contribution in [2.45, 2.75) is 38.0 Å². The summed E-state index contributed by atoms with van der Waals surface area (Å²) in [6.07, 6.45) is 2.30. The molecule has 2 aliphatic rings. The van der Waals surface area contributed by atoms with Gasteiger partial charge in [0.25, 0.3) is 5.91 Å². The molecular weight excluding hydrogens is 320 g/mol. The molecule has 6 heteroatoms. The van der Waals surface area contributed by atoms with E-state index >= 15 is 0 Å². The van der Waals surface area contributed by atoms with Crippen LogP contribution < -0.4 is 5.32 Å². The first-order valence-corrected chi connectivity index (χ1v) is 9.03. The van der Waals surface area contributed by atoms with Crippen molar-refractivity contribution in [2.24, 2.45) is 5.41 Å². The Bertz CT molecular complexity index is 582. The number of aliphatic hydroxyl groups is 2. The number of amides is 1. The number of ether oxygens (including phenoxy) is 1. The third kappa shape index (κ3) is 3.72. The zero-order chi connectivity index (χ0) is 17.9. The molecule has 1 saturated carbocycles. The van der Waals surface area contributed by atoms with E-state index < -0.39 is 0 Å². The minimum absolute atomic E-state index is 0.0286. The van der Waals surface area contributed by atoms with Crippen LogP contribution in [-0.4, -0.2) is 66.6 Å². The summed E-state index contributed by atoms with van der Waals surface area (Å²) in [4.78, 5) is 14.0. The van der Waals surface area contributed by atoms with E-state index in [-0.39, 0.29) is 30.1 Å². The van der Waals surface area contributed by atoms with Crippen molar-refractivity contribution in [3.63, 3.8) is 0 Å². The summed E-state index contributed by atoms with van der Waals surface area (Å²) < 4.78 is 5.72. The number of rotatable bonds is 6. The summed E-state index contributed by atoms with van der Waals surface area (Å²) in [6, 6.07) is 7.71. The quantitative estimate of drug-likeness (QED) is 0.707. The highest BCUT2D eigenvalue weighted by Crippen LogP contribution is 2.51. The minimum Gasteiger partial charge on any atom is -0.394 e. The largest absolute Gasteiger partial charge is 0.394 e. The second-order valence-electron chi connectivity index (χ2n) is 7.12. The van der Waals surface area contributed by atoms with E-state index in [4.69, 9.17) is 9.84 Å². The van der Waals surface area contributed by atoms with Gasteiger partial charge in [0.1, 0.15) is 0 Å². The number of nitrogens with one attached hydrogen (secondary N) is 1. The number of piperidine rings is 1. The molecular formula is C19H28N2O4. The normalized spacial score (nSPS) is 25.6. The predicted molar refractivity (Wildman–Crippen MR) is 94.2 cm³/mol. The van der Waals surface area contributed by atoms with Crippen LogP contribution in [-0.2, 0) is 11.3 Å². The number of hydrogen-bond donors (Lipinski definition) is 3. The van der Waals surface area contributed by atoms with Gasteiger partial charge in [-0.15, -0.1) is 0 Å². The maximum Gasteiger partial charge on any atom is 0.251 e. The SMILES string of the molecule is CNC(=O)c1ccc(CN2CCC3(CC2)C(O)CC3OCCO)cc1. The zero-order valence-corrected chi connectivity index (χ0v) is 14.8. The Morgan fingerprint density at radius 1 is 1.32 bits per heavy atom. The molecule has 2 unspecified atom stereocenters. The number of nitrogens with zero attached hydrogens (tertiary/aromatic N) is 1. The van der Waals surface area contributed by atoms with Gasteiger partial charge in [0.15, 0.2) is 0 Å². The Kier molecular flexibility index (Phi) is 5.74. The first-order valence-electron chi connectivity index (χ1n) is 9.03. The van der Waals surface area contributed by atoms with Crippen LogP contribution in [0.15, 0.2) is 24.3 Å². The van der Waals surface area contributed by atoms with E-state index in [1.165, 1.54) is 5.56 Å². The first kappa shape index (κ1) is 18.3. The highest BCUT2D eigenvalue weighted by atomic mass is 16.5. The molecule has 3 rings (SSSR count). The summed E-state index contributed by atoms with van der Waals surface area (Å²) in [5.41, 5.74) is 1.73. The van der Waals surface area contributed by atoms with Crippen molar-refractivity contribution in [1.29, 1.82) is 0 Å². The molecule has 0 bridgehead atoms. The molecule has 1 amide bonds. The number of aliphatic hydroxyl groups excluding tert-OH is 2. The van der Waals surface area contributed by atoms with Crippen LogP contribution in [0.2, 0.25) is 0 Å². The molecule has 1 aromatic carbocycles. The Morgan fingerprint density at radius 2 is 2.00 bits per heavy atom. The molecule has 1 spiro atoms. The van der Waals surface area contributed by atoms with Gasteiger partial charge in [-0.1, -0.05) is 12.1 Å². The monoisotopic (exact) mass is 348 g/mol. The highest BCUT2D eigenvalue weighted by molar-refractivity contribution is 5.93. The fourth-order valence-corrected chi connectivity index (χ4v) is 4.10. The number of likely N-dealkylation sites (tertiary alicyclic amines) is 1. The van der Waals surface area contributed by atoms with Crippen LogP contribution in [0, 0.1) is 5.41 Å². The summed E-state index contributed by atoms with van der Waals surface area (Å²) in [5, 5.41) is 21.8. The van der Waals surface area contributed by atoms with Gasteiger partial charge in [-0.2, -0.15) is 0 Å². The van der Waals surface area contributed by atoms with Crippen molar-refractivity contribution in [3.8, 4) is 0 Å². The zero-order valence-electron chi connectivity index (χ0n) is 14.8. The van der Waals surface area contributed by atoms with Crippen LogP contribution in [0.3, 0.4) is 0 Å². The molecule has 2 atom stereocenters. The first-order chi connectivity index (χ1) is 12.1. The predicted octanol–water partition coefficient (Wildman–Crippen LogP) is 0.771. The molecule has 6 nitrogen and oxygen atoms in total. The van der Waals surface area contributed by atoms with Gasteiger partial charge in [0.2, 0.25) is 0 Å². The third-order valence-corrected chi connectivity index (χ3v) is 5.79. The van der Waals surface area contributed by atoms with Crippen molar-refractivity contribution < 1.29 is 19.7 Å². The van der Waals surface area contributed by atoms with Crippen molar-refractivity contribution >= 4 is 5.91 Å². The molecule has 3 N–H and O–H groups in total. The molecule has 1 aliphatic carbocycles. The van der Waals surface area contributed by atoms with E-state index in [9.17, 15) is 9.90 Å². The lowest BCUT2D eigenvalue weighted by Gasteiger charge is -2.56. The molecule has 2 fully saturated rings. The number of carbonyl (C=O) groups excluding carboxylic acids is 1. The lowest BCUT2D eigenvalue weighted by Crippen LogP contribution is -2.62. The molecule has 0 aromatic heterocycles. The molecule has 1 heterocycles. The van der Waals surface area contributed by atoms with E-state index in [1.54, 1.807) is 7.05 Å². The average molecular weight is 348 g/mol. The van der Waals surface area contributed by atoms with Gasteiger partial charge in [-0.05, 0) is 43.6 Å². The lowest BCUT2D eigenvalue weighted by molar-refractivity contribution is -0.213. The fraction of sp³-hybridized carbons (Fsp3) is 0.632. The topological polar surface area (TPSA) is 82.0 Å². The summed E-state index contributed by atoms with van der Waals surface area (Å²) in [5.74, 6) is -0.0700. The highest BCUT2D eigenvalue weighted by Gasteiger charge is 2.55. The van der Waals surface area contributed by atoms with Crippen LogP contribution in [0.5, 0.6) is 0 Å². The van der Waals surface area contributed by atoms with Crippen LogP contribution in [0.1, 0.15) is 35.2 Å². The van der Waals surface area contributed by atoms with Gasteiger partial charge < -0.3 is 20.3 Å². The van der Waals surface area contributed by atoms with E-state index in [2.05, 4.69) is 10.2 Å². The lowest BCUT2D eigenvalue weighted by atomic mass is 9.58. The van der Waals surface area contributed by atoms with Crippen LogP contribution in [0.4, 0.5) is 0 Å². The van der Waals surface area contributed by atoms with Gasteiger partial charge in [-0.25, -0.2) is 0 Å². The van der Waals surface area contributed by atoms with E-state index in [1.807, 2.05) is 24.3 Å². The van der Waals surface area contributed by atoms with Gasteiger partial charge in [-0.3, -0.25) is 9.69 Å². The fourth-order valence-electron chi connectivity index (χ4n) is 4.10. The summed E-state index contributed by atoms with van der Waals surface area (Å²) >= 11 is 0. The van der Waals surface area contributed by atoms with Crippen molar-refractivity contribution in [2.75, 3.05) is 33.4 Å².